The van der Waals surface area contributed by atoms with Gasteiger partial charge in [-0.2, -0.15) is 0 Å². The van der Waals surface area contributed by atoms with Gasteiger partial charge in [0.05, 0.1) is 7.11 Å². The second-order valence-corrected chi connectivity index (χ2v) is 5.53. The Morgan fingerprint density at radius 3 is 2.83 bits per heavy atom. The molecule has 1 atom stereocenters. The van der Waals surface area contributed by atoms with E-state index in [-0.39, 0.29) is 5.60 Å². The largest absolute Gasteiger partial charge is 0.497 e. The van der Waals surface area contributed by atoms with Crippen LogP contribution >= 0.6 is 0 Å². The summed E-state index contributed by atoms with van der Waals surface area (Å²) in [4.78, 5) is 0. The highest BCUT2D eigenvalue weighted by Gasteiger charge is 2.42. The first-order chi connectivity index (χ1) is 8.76. The maximum Gasteiger partial charge on any atom is 0.123 e. The van der Waals surface area contributed by atoms with Crippen LogP contribution in [0.25, 0.3) is 0 Å². The van der Waals surface area contributed by atoms with Crippen LogP contribution in [0.3, 0.4) is 0 Å². The predicted octanol–water partition coefficient (Wildman–Crippen LogP) is 2.83. The number of rotatable bonds is 2. The topological polar surface area (TPSA) is 44.5 Å². The molecule has 1 aromatic carbocycles. The van der Waals surface area contributed by atoms with Gasteiger partial charge in [0.15, 0.2) is 0 Å². The fourth-order valence-corrected chi connectivity index (χ4v) is 3.44. The summed E-state index contributed by atoms with van der Waals surface area (Å²) < 4.78 is 11.6. The Bertz CT molecular complexity index is 438. The fourth-order valence-electron chi connectivity index (χ4n) is 3.44. The molecule has 1 spiro atoms. The van der Waals surface area contributed by atoms with Gasteiger partial charge in [0, 0.05) is 11.5 Å². The lowest BCUT2D eigenvalue weighted by Gasteiger charge is -2.39. The van der Waals surface area contributed by atoms with Gasteiger partial charge >= 0.3 is 0 Å². The molecular weight excluding hydrogens is 226 g/mol. The smallest absolute Gasteiger partial charge is 0.123 e. The summed E-state index contributed by atoms with van der Waals surface area (Å²) in [6, 6.07) is 6.09. The molecule has 0 amide bonds. The SMILES string of the molecule is COc1ccc2c(c1)C(CN)CC1(CCCC1)O2. The second kappa shape index (κ2) is 4.47. The Balaban J connectivity index is 1.98. The number of ether oxygens (including phenoxy) is 2. The standard InChI is InChI=1S/C15H21NO2/c1-17-12-4-5-14-13(8-12)11(10-16)9-15(18-14)6-2-3-7-15/h4-5,8,11H,2-3,6-7,9-10,16H2,1H3. The summed E-state index contributed by atoms with van der Waals surface area (Å²) in [6.07, 6.45) is 5.97. The molecule has 2 aliphatic rings. The van der Waals surface area contributed by atoms with E-state index in [4.69, 9.17) is 15.2 Å². The van der Waals surface area contributed by atoms with Crippen molar-refractivity contribution in [1.82, 2.24) is 0 Å². The Hall–Kier alpha value is -1.22. The molecular formula is C15H21NO2. The van der Waals surface area contributed by atoms with Crippen molar-refractivity contribution in [1.29, 1.82) is 0 Å². The fraction of sp³-hybridized carbons (Fsp3) is 0.600. The maximum atomic E-state index is 6.30. The lowest BCUT2D eigenvalue weighted by molar-refractivity contribution is 0.0427. The Morgan fingerprint density at radius 2 is 2.17 bits per heavy atom. The van der Waals surface area contributed by atoms with Gasteiger partial charge in [-0.25, -0.2) is 0 Å². The van der Waals surface area contributed by atoms with E-state index in [0.717, 1.165) is 17.9 Å². The Morgan fingerprint density at radius 1 is 1.39 bits per heavy atom. The minimum absolute atomic E-state index is 0.0611. The molecule has 1 aromatic rings. The summed E-state index contributed by atoms with van der Waals surface area (Å²) in [6.45, 7) is 0.686. The number of fused-ring (bicyclic) bond motifs is 1. The number of nitrogens with two attached hydrogens (primary N) is 1. The van der Waals surface area contributed by atoms with E-state index in [0.29, 0.717) is 12.5 Å². The van der Waals surface area contributed by atoms with Gasteiger partial charge in [-0.1, -0.05) is 0 Å². The van der Waals surface area contributed by atoms with Crippen LogP contribution in [0.1, 0.15) is 43.6 Å². The zero-order valence-electron chi connectivity index (χ0n) is 10.9. The molecule has 1 aliphatic heterocycles. The third kappa shape index (κ3) is 1.87. The molecule has 1 fully saturated rings. The van der Waals surface area contributed by atoms with Gasteiger partial charge in [0.1, 0.15) is 17.1 Å². The van der Waals surface area contributed by atoms with Crippen LogP contribution in [0.4, 0.5) is 0 Å². The monoisotopic (exact) mass is 247 g/mol. The van der Waals surface area contributed by atoms with Gasteiger partial charge in [-0.15, -0.1) is 0 Å². The quantitative estimate of drug-likeness (QED) is 0.874. The third-order valence-electron chi connectivity index (χ3n) is 4.40. The summed E-state index contributed by atoms with van der Waals surface area (Å²) >= 11 is 0. The van der Waals surface area contributed by atoms with E-state index in [1.165, 1.54) is 31.2 Å². The van der Waals surface area contributed by atoms with Gasteiger partial charge in [-0.05, 0) is 56.8 Å². The van der Waals surface area contributed by atoms with Crippen LogP contribution in [-0.4, -0.2) is 19.3 Å². The summed E-state index contributed by atoms with van der Waals surface area (Å²) in [7, 11) is 1.70. The molecule has 0 radical (unpaired) electrons. The van der Waals surface area contributed by atoms with Crippen molar-refractivity contribution in [2.24, 2.45) is 5.73 Å². The highest BCUT2D eigenvalue weighted by atomic mass is 16.5. The predicted molar refractivity (Wildman–Crippen MR) is 71.2 cm³/mol. The number of methoxy groups -OCH3 is 1. The third-order valence-corrected chi connectivity index (χ3v) is 4.40. The van der Waals surface area contributed by atoms with Gasteiger partial charge < -0.3 is 15.2 Å². The Kier molecular flexibility index (Phi) is 2.94. The zero-order chi connectivity index (χ0) is 12.6. The first-order valence-corrected chi connectivity index (χ1v) is 6.83. The zero-order valence-corrected chi connectivity index (χ0v) is 10.9. The number of hydrogen-bond acceptors (Lipinski definition) is 3. The van der Waals surface area contributed by atoms with Crippen molar-refractivity contribution in [3.63, 3.8) is 0 Å². The van der Waals surface area contributed by atoms with Crippen molar-refractivity contribution < 1.29 is 9.47 Å². The summed E-state index contributed by atoms with van der Waals surface area (Å²) in [5.74, 6) is 2.31. The number of benzene rings is 1. The molecule has 0 saturated heterocycles. The molecule has 3 heteroatoms. The maximum absolute atomic E-state index is 6.30. The molecule has 0 aromatic heterocycles. The minimum atomic E-state index is 0.0611. The van der Waals surface area contributed by atoms with E-state index < -0.39 is 0 Å². The van der Waals surface area contributed by atoms with Crippen LogP contribution in [0.5, 0.6) is 11.5 Å². The second-order valence-electron chi connectivity index (χ2n) is 5.53. The van der Waals surface area contributed by atoms with Crippen LogP contribution in [0.2, 0.25) is 0 Å². The molecule has 18 heavy (non-hydrogen) atoms. The molecule has 2 N–H and O–H groups in total. The van der Waals surface area contributed by atoms with E-state index in [9.17, 15) is 0 Å². The first kappa shape index (κ1) is 11.8. The van der Waals surface area contributed by atoms with Crippen molar-refractivity contribution in [2.75, 3.05) is 13.7 Å². The van der Waals surface area contributed by atoms with Crippen molar-refractivity contribution >= 4 is 0 Å². The molecule has 0 bridgehead atoms. The van der Waals surface area contributed by atoms with Crippen molar-refractivity contribution in [3.8, 4) is 11.5 Å². The van der Waals surface area contributed by atoms with Crippen LogP contribution < -0.4 is 15.2 Å². The van der Waals surface area contributed by atoms with Gasteiger partial charge in [0.2, 0.25) is 0 Å². The van der Waals surface area contributed by atoms with Crippen molar-refractivity contribution in [2.45, 2.75) is 43.6 Å². The highest BCUT2D eigenvalue weighted by molar-refractivity contribution is 5.45. The lowest BCUT2D eigenvalue weighted by atomic mass is 9.81. The average Bonchev–Trinajstić information content (AvgIpc) is 2.85. The van der Waals surface area contributed by atoms with Gasteiger partial charge in [0.25, 0.3) is 0 Å². The van der Waals surface area contributed by atoms with E-state index >= 15 is 0 Å². The van der Waals surface area contributed by atoms with E-state index in [1.807, 2.05) is 12.1 Å². The average molecular weight is 247 g/mol. The normalized spacial score (nSPS) is 24.7. The van der Waals surface area contributed by atoms with Crippen molar-refractivity contribution in [3.05, 3.63) is 23.8 Å². The van der Waals surface area contributed by atoms with E-state index in [2.05, 4.69) is 6.07 Å². The summed E-state index contributed by atoms with van der Waals surface area (Å²) in [5, 5.41) is 0. The van der Waals surface area contributed by atoms with Crippen LogP contribution in [0.15, 0.2) is 18.2 Å². The molecule has 1 heterocycles. The summed E-state index contributed by atoms with van der Waals surface area (Å²) in [5.41, 5.74) is 7.24. The van der Waals surface area contributed by atoms with Gasteiger partial charge in [-0.3, -0.25) is 0 Å². The minimum Gasteiger partial charge on any atom is -0.497 e. The van der Waals surface area contributed by atoms with Crippen LogP contribution in [-0.2, 0) is 0 Å². The highest BCUT2D eigenvalue weighted by Crippen LogP contribution is 2.48. The molecule has 3 nitrogen and oxygen atoms in total. The molecule has 3 rings (SSSR count). The van der Waals surface area contributed by atoms with E-state index in [1.54, 1.807) is 7.11 Å². The number of hydrogen-bond donors (Lipinski definition) is 1. The Labute approximate surface area is 108 Å². The van der Waals surface area contributed by atoms with Crippen LogP contribution in [0, 0.1) is 0 Å². The molecule has 1 unspecified atom stereocenters. The first-order valence-electron chi connectivity index (χ1n) is 6.83. The molecule has 1 saturated carbocycles. The molecule has 1 aliphatic carbocycles. The molecule has 98 valence electrons. The lowest BCUT2D eigenvalue weighted by Crippen LogP contribution is -2.40.